The summed E-state index contributed by atoms with van der Waals surface area (Å²) in [5, 5.41) is 11.1. The molecular formula is C14H9ClN2O2. The number of hydrogen-bond acceptors (Lipinski definition) is 3. The van der Waals surface area contributed by atoms with Gasteiger partial charge in [0.25, 0.3) is 5.69 Å². The molecule has 2 N–H and O–H groups in total. The van der Waals surface area contributed by atoms with Crippen molar-refractivity contribution < 1.29 is 4.92 Å². The number of rotatable bonds is 1. The number of nitrogens with two attached hydrogens (primary N) is 1. The van der Waals surface area contributed by atoms with E-state index in [1.54, 1.807) is 0 Å². The van der Waals surface area contributed by atoms with Crippen LogP contribution < -0.4 is 5.73 Å². The van der Waals surface area contributed by atoms with Gasteiger partial charge in [-0.2, -0.15) is 0 Å². The molecule has 2 aromatic carbocycles. The summed E-state index contributed by atoms with van der Waals surface area (Å²) >= 11 is 5.97. The van der Waals surface area contributed by atoms with E-state index >= 15 is 0 Å². The lowest BCUT2D eigenvalue weighted by Gasteiger charge is -2.00. The molecule has 0 radical (unpaired) electrons. The van der Waals surface area contributed by atoms with Crippen molar-refractivity contribution in [2.45, 2.75) is 0 Å². The fourth-order valence-electron chi connectivity index (χ4n) is 1.49. The van der Waals surface area contributed by atoms with E-state index in [2.05, 4.69) is 11.8 Å². The number of nitrogens with zero attached hydrogens (tertiary/aromatic N) is 1. The zero-order chi connectivity index (χ0) is 13.8. The van der Waals surface area contributed by atoms with Gasteiger partial charge in [-0.1, -0.05) is 41.6 Å². The highest BCUT2D eigenvalue weighted by molar-refractivity contribution is 6.32. The lowest BCUT2D eigenvalue weighted by atomic mass is 10.1. The Morgan fingerprint density at radius 1 is 1.16 bits per heavy atom. The normalized spacial score (nSPS) is 9.53. The van der Waals surface area contributed by atoms with E-state index in [1.807, 2.05) is 30.3 Å². The quantitative estimate of drug-likeness (QED) is 0.375. The van der Waals surface area contributed by atoms with Crippen LogP contribution in [-0.4, -0.2) is 4.92 Å². The molecule has 0 aromatic heterocycles. The van der Waals surface area contributed by atoms with Gasteiger partial charge in [-0.3, -0.25) is 10.1 Å². The van der Waals surface area contributed by atoms with Crippen LogP contribution in [-0.2, 0) is 0 Å². The molecular weight excluding hydrogens is 264 g/mol. The van der Waals surface area contributed by atoms with Crippen molar-refractivity contribution >= 4 is 23.0 Å². The topological polar surface area (TPSA) is 69.2 Å². The second-order valence-corrected chi connectivity index (χ2v) is 4.17. The van der Waals surface area contributed by atoms with Gasteiger partial charge in [-0.25, -0.2) is 0 Å². The molecule has 0 fully saturated rings. The molecule has 19 heavy (non-hydrogen) atoms. The summed E-state index contributed by atoms with van der Waals surface area (Å²) in [7, 11) is 0. The van der Waals surface area contributed by atoms with Gasteiger partial charge in [0.15, 0.2) is 0 Å². The number of halogens is 1. The molecule has 0 unspecified atom stereocenters. The van der Waals surface area contributed by atoms with E-state index in [0.717, 1.165) is 5.56 Å². The maximum absolute atomic E-state index is 10.8. The molecule has 0 atom stereocenters. The van der Waals surface area contributed by atoms with Gasteiger partial charge in [0.1, 0.15) is 5.69 Å². The van der Waals surface area contributed by atoms with Crippen LogP contribution in [0.25, 0.3) is 0 Å². The third-order valence-electron chi connectivity index (χ3n) is 2.43. The number of hydrogen-bond donors (Lipinski definition) is 1. The summed E-state index contributed by atoms with van der Waals surface area (Å²) in [5.74, 6) is 5.70. The number of anilines is 1. The van der Waals surface area contributed by atoms with Crippen molar-refractivity contribution in [2.24, 2.45) is 0 Å². The fourth-order valence-corrected chi connectivity index (χ4v) is 1.71. The molecule has 0 aliphatic heterocycles. The third-order valence-corrected chi connectivity index (χ3v) is 2.74. The third kappa shape index (κ3) is 3.03. The van der Waals surface area contributed by atoms with Crippen molar-refractivity contribution in [1.82, 2.24) is 0 Å². The molecule has 2 aromatic rings. The van der Waals surface area contributed by atoms with Crippen LogP contribution >= 0.6 is 11.6 Å². The van der Waals surface area contributed by atoms with Gasteiger partial charge in [-0.05, 0) is 18.2 Å². The average molecular weight is 273 g/mol. The number of nitro benzene ring substituents is 1. The zero-order valence-corrected chi connectivity index (χ0v) is 10.5. The van der Waals surface area contributed by atoms with Gasteiger partial charge in [0, 0.05) is 11.6 Å². The monoisotopic (exact) mass is 272 g/mol. The highest BCUT2D eigenvalue weighted by Gasteiger charge is 2.14. The highest BCUT2D eigenvalue weighted by atomic mass is 35.5. The summed E-state index contributed by atoms with van der Waals surface area (Å²) in [6, 6.07) is 11.9. The molecule has 2 rings (SSSR count). The first-order valence-corrected chi connectivity index (χ1v) is 5.76. The van der Waals surface area contributed by atoms with E-state index < -0.39 is 4.92 Å². The molecule has 0 heterocycles. The standard InChI is InChI=1S/C14H9ClN2O2/c15-12-9-13(16)14(17(18)19)8-11(12)7-6-10-4-2-1-3-5-10/h1-5,8-9H,16H2. The Balaban J connectivity index is 2.44. The molecule has 0 bridgehead atoms. The first kappa shape index (κ1) is 12.9. The number of nitro groups is 1. The van der Waals surface area contributed by atoms with Crippen molar-refractivity contribution in [2.75, 3.05) is 5.73 Å². The van der Waals surface area contributed by atoms with Crippen molar-refractivity contribution in [3.8, 4) is 11.8 Å². The van der Waals surface area contributed by atoms with Gasteiger partial charge in [0.2, 0.25) is 0 Å². The van der Waals surface area contributed by atoms with E-state index in [9.17, 15) is 10.1 Å². The Hall–Kier alpha value is -2.51. The van der Waals surface area contributed by atoms with Crippen molar-refractivity contribution in [1.29, 1.82) is 0 Å². The summed E-state index contributed by atoms with van der Waals surface area (Å²) in [6.45, 7) is 0. The molecule has 0 aliphatic carbocycles. The molecule has 0 amide bonds. The molecule has 0 spiro atoms. The summed E-state index contributed by atoms with van der Waals surface area (Å²) < 4.78 is 0. The first-order valence-electron chi connectivity index (χ1n) is 5.38. The summed E-state index contributed by atoms with van der Waals surface area (Å²) in [5.41, 5.74) is 6.54. The lowest BCUT2D eigenvalue weighted by Crippen LogP contribution is -1.96. The van der Waals surface area contributed by atoms with E-state index in [-0.39, 0.29) is 11.4 Å². The van der Waals surface area contributed by atoms with E-state index in [0.29, 0.717) is 10.6 Å². The smallest absolute Gasteiger partial charge is 0.293 e. The molecule has 4 nitrogen and oxygen atoms in total. The highest BCUT2D eigenvalue weighted by Crippen LogP contribution is 2.28. The Bertz CT molecular complexity index is 688. The van der Waals surface area contributed by atoms with Crippen molar-refractivity contribution in [3.63, 3.8) is 0 Å². The number of benzene rings is 2. The summed E-state index contributed by atoms with van der Waals surface area (Å²) in [4.78, 5) is 10.2. The molecule has 94 valence electrons. The maximum Gasteiger partial charge on any atom is 0.293 e. The molecule has 0 saturated heterocycles. The minimum atomic E-state index is -0.556. The van der Waals surface area contributed by atoms with Crippen LogP contribution in [0.3, 0.4) is 0 Å². The fraction of sp³-hybridized carbons (Fsp3) is 0. The zero-order valence-electron chi connectivity index (χ0n) is 9.76. The van der Waals surface area contributed by atoms with Crippen LogP contribution in [0.2, 0.25) is 5.02 Å². The minimum Gasteiger partial charge on any atom is -0.393 e. The van der Waals surface area contributed by atoms with Gasteiger partial charge >= 0.3 is 0 Å². The number of nitrogen functional groups attached to an aromatic ring is 1. The van der Waals surface area contributed by atoms with E-state index in [1.165, 1.54) is 12.1 Å². The SMILES string of the molecule is Nc1cc(Cl)c(C#Cc2ccccc2)cc1[N+](=O)[O-]. The predicted octanol–water partition coefficient (Wildman–Crippen LogP) is 3.23. The Labute approximate surface area is 115 Å². The van der Waals surface area contributed by atoms with Crippen molar-refractivity contribution in [3.05, 3.63) is 68.7 Å². The largest absolute Gasteiger partial charge is 0.393 e. The molecule has 0 saturated carbocycles. The Morgan fingerprint density at radius 3 is 2.47 bits per heavy atom. The van der Waals surface area contributed by atoms with E-state index in [4.69, 9.17) is 17.3 Å². The second-order valence-electron chi connectivity index (χ2n) is 3.76. The Kier molecular flexibility index (Phi) is 3.69. The molecule has 0 aliphatic rings. The second kappa shape index (κ2) is 5.42. The molecule has 5 heteroatoms. The van der Waals surface area contributed by atoms with Crippen LogP contribution in [0.4, 0.5) is 11.4 Å². The van der Waals surface area contributed by atoms with Gasteiger partial charge < -0.3 is 5.73 Å². The summed E-state index contributed by atoms with van der Waals surface area (Å²) in [6.07, 6.45) is 0. The van der Waals surface area contributed by atoms with Crippen LogP contribution in [0.15, 0.2) is 42.5 Å². The average Bonchev–Trinajstić information content (AvgIpc) is 2.38. The predicted molar refractivity (Wildman–Crippen MR) is 74.9 cm³/mol. The van der Waals surface area contributed by atoms with Crippen LogP contribution in [0, 0.1) is 22.0 Å². The maximum atomic E-state index is 10.8. The minimum absolute atomic E-state index is 0.0280. The Morgan fingerprint density at radius 2 is 1.84 bits per heavy atom. The lowest BCUT2D eigenvalue weighted by molar-refractivity contribution is -0.383. The first-order chi connectivity index (χ1) is 9.08. The van der Waals surface area contributed by atoms with Gasteiger partial charge in [0.05, 0.1) is 15.5 Å². The van der Waals surface area contributed by atoms with Crippen LogP contribution in [0.1, 0.15) is 11.1 Å². The van der Waals surface area contributed by atoms with Gasteiger partial charge in [-0.15, -0.1) is 0 Å². The van der Waals surface area contributed by atoms with Crippen LogP contribution in [0.5, 0.6) is 0 Å².